The van der Waals surface area contributed by atoms with Crippen LogP contribution in [-0.2, 0) is 14.8 Å². The number of hydrogen-bond acceptors (Lipinski definition) is 3. The van der Waals surface area contributed by atoms with Gasteiger partial charge in [0.1, 0.15) is 6.04 Å². The average molecular weight is 381 g/mol. The van der Waals surface area contributed by atoms with Crippen molar-refractivity contribution in [2.45, 2.75) is 26.8 Å². The maximum Gasteiger partial charge on any atom is 0.248 e. The molecule has 0 aliphatic heterocycles. The van der Waals surface area contributed by atoms with Gasteiger partial charge >= 0.3 is 0 Å². The lowest BCUT2D eigenvalue weighted by Crippen LogP contribution is -2.45. The van der Waals surface area contributed by atoms with Crippen molar-refractivity contribution in [3.05, 3.63) is 58.6 Å². The summed E-state index contributed by atoms with van der Waals surface area (Å²) >= 11 is 5.97. The zero-order valence-electron chi connectivity index (χ0n) is 14.6. The standard InChI is InChI=1S/C18H21ClN2O3S/c1-12-8-9-17(13(2)10-12)20-18(22)14(3)21(25(4,23)24)16-7-5-6-15(19)11-16/h5-11,14H,1-4H3,(H,20,22). The third kappa shape index (κ3) is 4.74. The maximum absolute atomic E-state index is 12.6. The molecule has 0 heterocycles. The molecule has 0 radical (unpaired) electrons. The first-order chi connectivity index (χ1) is 11.6. The Labute approximate surface area is 153 Å². The third-order valence-electron chi connectivity index (χ3n) is 3.79. The monoisotopic (exact) mass is 380 g/mol. The average Bonchev–Trinajstić information content (AvgIpc) is 2.48. The fourth-order valence-electron chi connectivity index (χ4n) is 2.61. The minimum absolute atomic E-state index is 0.346. The van der Waals surface area contributed by atoms with E-state index in [0.717, 1.165) is 21.7 Å². The minimum atomic E-state index is -3.67. The number of nitrogens with one attached hydrogen (secondary N) is 1. The van der Waals surface area contributed by atoms with Crippen LogP contribution in [0.25, 0.3) is 0 Å². The van der Waals surface area contributed by atoms with Gasteiger partial charge in [-0.3, -0.25) is 9.10 Å². The molecule has 1 unspecified atom stereocenters. The van der Waals surface area contributed by atoms with Gasteiger partial charge in [-0.1, -0.05) is 35.4 Å². The SMILES string of the molecule is Cc1ccc(NC(=O)C(C)N(c2cccc(Cl)c2)S(C)(=O)=O)c(C)c1. The second kappa shape index (κ2) is 7.45. The summed E-state index contributed by atoms with van der Waals surface area (Å²) in [5.74, 6) is -0.419. The Hall–Kier alpha value is -2.05. The van der Waals surface area contributed by atoms with Crippen LogP contribution in [0.3, 0.4) is 0 Å². The van der Waals surface area contributed by atoms with Gasteiger partial charge in [0.15, 0.2) is 0 Å². The van der Waals surface area contributed by atoms with Crippen LogP contribution in [0.1, 0.15) is 18.1 Å². The molecular weight excluding hydrogens is 360 g/mol. The quantitative estimate of drug-likeness (QED) is 0.858. The van der Waals surface area contributed by atoms with E-state index < -0.39 is 22.0 Å². The number of anilines is 2. The first-order valence-electron chi connectivity index (χ1n) is 7.72. The molecule has 0 aliphatic rings. The van der Waals surface area contributed by atoms with Crippen LogP contribution in [0.4, 0.5) is 11.4 Å². The van der Waals surface area contributed by atoms with E-state index >= 15 is 0 Å². The molecule has 0 aliphatic carbocycles. The molecule has 2 aromatic rings. The topological polar surface area (TPSA) is 66.5 Å². The molecule has 1 N–H and O–H groups in total. The van der Waals surface area contributed by atoms with E-state index in [2.05, 4.69) is 5.32 Å². The fraction of sp³-hybridized carbons (Fsp3) is 0.278. The van der Waals surface area contributed by atoms with Crippen molar-refractivity contribution >= 4 is 38.9 Å². The van der Waals surface area contributed by atoms with Crippen molar-refractivity contribution in [1.29, 1.82) is 0 Å². The number of amides is 1. The summed E-state index contributed by atoms with van der Waals surface area (Å²) in [4.78, 5) is 12.6. The molecule has 2 aromatic carbocycles. The Balaban J connectivity index is 2.33. The minimum Gasteiger partial charge on any atom is -0.324 e. The van der Waals surface area contributed by atoms with Gasteiger partial charge in [-0.15, -0.1) is 0 Å². The Kier molecular flexibility index (Phi) is 5.75. The number of carbonyl (C=O) groups is 1. The maximum atomic E-state index is 12.6. The van der Waals surface area contributed by atoms with Gasteiger partial charge < -0.3 is 5.32 Å². The van der Waals surface area contributed by atoms with Crippen molar-refractivity contribution in [2.75, 3.05) is 15.9 Å². The summed E-state index contributed by atoms with van der Waals surface area (Å²) in [5.41, 5.74) is 3.00. The first kappa shape index (κ1) is 19.3. The van der Waals surface area contributed by atoms with E-state index in [-0.39, 0.29) is 0 Å². The predicted octanol–water partition coefficient (Wildman–Crippen LogP) is 3.75. The number of aryl methyl sites for hydroxylation is 2. The smallest absolute Gasteiger partial charge is 0.248 e. The fourth-order valence-corrected chi connectivity index (χ4v) is 3.96. The predicted molar refractivity (Wildman–Crippen MR) is 103 cm³/mol. The zero-order valence-corrected chi connectivity index (χ0v) is 16.1. The summed E-state index contributed by atoms with van der Waals surface area (Å²) in [6.45, 7) is 5.39. The van der Waals surface area contributed by atoms with Gasteiger partial charge in [0.05, 0.1) is 11.9 Å². The van der Waals surface area contributed by atoms with E-state index in [4.69, 9.17) is 11.6 Å². The molecule has 0 saturated carbocycles. The van der Waals surface area contributed by atoms with Crippen LogP contribution in [0.15, 0.2) is 42.5 Å². The summed E-state index contributed by atoms with van der Waals surface area (Å²) < 4.78 is 25.6. The summed E-state index contributed by atoms with van der Waals surface area (Å²) in [6.07, 6.45) is 1.06. The molecule has 7 heteroatoms. The van der Waals surface area contributed by atoms with Crippen molar-refractivity contribution in [2.24, 2.45) is 0 Å². The van der Waals surface area contributed by atoms with Crippen molar-refractivity contribution in [1.82, 2.24) is 0 Å². The van der Waals surface area contributed by atoms with E-state index in [1.54, 1.807) is 31.2 Å². The van der Waals surface area contributed by atoms with E-state index in [0.29, 0.717) is 16.4 Å². The normalized spacial score (nSPS) is 12.5. The van der Waals surface area contributed by atoms with Crippen LogP contribution in [0.5, 0.6) is 0 Å². The second-order valence-corrected chi connectivity index (χ2v) is 8.32. The molecule has 0 spiro atoms. The molecule has 0 saturated heterocycles. The number of nitrogens with zero attached hydrogens (tertiary/aromatic N) is 1. The number of sulfonamides is 1. The molecule has 25 heavy (non-hydrogen) atoms. The third-order valence-corrected chi connectivity index (χ3v) is 5.27. The van der Waals surface area contributed by atoms with Gasteiger partial charge in [-0.25, -0.2) is 8.42 Å². The highest BCUT2D eigenvalue weighted by Crippen LogP contribution is 2.25. The lowest BCUT2D eigenvalue weighted by atomic mass is 10.1. The van der Waals surface area contributed by atoms with Crippen LogP contribution in [0.2, 0.25) is 5.02 Å². The highest BCUT2D eigenvalue weighted by atomic mass is 35.5. The number of rotatable bonds is 5. The zero-order chi connectivity index (χ0) is 18.8. The molecule has 0 bridgehead atoms. The summed E-state index contributed by atoms with van der Waals surface area (Å²) in [7, 11) is -3.67. The van der Waals surface area contributed by atoms with Gasteiger partial charge in [0, 0.05) is 10.7 Å². The number of hydrogen-bond donors (Lipinski definition) is 1. The summed E-state index contributed by atoms with van der Waals surface area (Å²) in [5, 5.41) is 3.19. The van der Waals surface area contributed by atoms with E-state index in [9.17, 15) is 13.2 Å². The lowest BCUT2D eigenvalue weighted by Gasteiger charge is -2.28. The first-order valence-corrected chi connectivity index (χ1v) is 9.95. The molecule has 1 amide bonds. The Morgan fingerprint density at radius 1 is 1.16 bits per heavy atom. The van der Waals surface area contributed by atoms with Crippen LogP contribution in [0, 0.1) is 13.8 Å². The van der Waals surface area contributed by atoms with Crippen molar-refractivity contribution in [3.63, 3.8) is 0 Å². The largest absolute Gasteiger partial charge is 0.324 e. The highest BCUT2D eigenvalue weighted by Gasteiger charge is 2.29. The van der Waals surface area contributed by atoms with Crippen LogP contribution in [-0.4, -0.2) is 26.6 Å². The molecule has 0 fully saturated rings. The molecule has 2 rings (SSSR count). The van der Waals surface area contributed by atoms with E-state index in [1.165, 1.54) is 6.07 Å². The summed E-state index contributed by atoms with van der Waals surface area (Å²) in [6, 6.07) is 11.1. The molecule has 0 aromatic heterocycles. The number of carbonyl (C=O) groups excluding carboxylic acids is 1. The Morgan fingerprint density at radius 2 is 1.84 bits per heavy atom. The molecule has 5 nitrogen and oxygen atoms in total. The molecular formula is C18H21ClN2O3S. The van der Waals surface area contributed by atoms with Crippen molar-refractivity contribution in [3.8, 4) is 0 Å². The Morgan fingerprint density at radius 3 is 2.40 bits per heavy atom. The Bertz CT molecular complexity index is 897. The van der Waals surface area contributed by atoms with E-state index in [1.807, 2.05) is 26.0 Å². The van der Waals surface area contributed by atoms with Gasteiger partial charge in [0.25, 0.3) is 0 Å². The van der Waals surface area contributed by atoms with Gasteiger partial charge in [-0.2, -0.15) is 0 Å². The second-order valence-electron chi connectivity index (χ2n) is 6.02. The van der Waals surface area contributed by atoms with Crippen LogP contribution >= 0.6 is 11.6 Å². The number of benzene rings is 2. The van der Waals surface area contributed by atoms with Gasteiger partial charge in [-0.05, 0) is 50.6 Å². The van der Waals surface area contributed by atoms with Gasteiger partial charge in [0.2, 0.25) is 15.9 Å². The molecule has 134 valence electrons. The molecule has 1 atom stereocenters. The van der Waals surface area contributed by atoms with Crippen molar-refractivity contribution < 1.29 is 13.2 Å². The highest BCUT2D eigenvalue weighted by molar-refractivity contribution is 7.92. The lowest BCUT2D eigenvalue weighted by molar-refractivity contribution is -0.116. The van der Waals surface area contributed by atoms with Crippen LogP contribution < -0.4 is 9.62 Å². The number of halogens is 1.